The van der Waals surface area contributed by atoms with Gasteiger partial charge in [-0.1, -0.05) is 12.5 Å². The van der Waals surface area contributed by atoms with Crippen LogP contribution in [-0.4, -0.2) is 47.7 Å². The Morgan fingerprint density at radius 2 is 2.08 bits per heavy atom. The molecule has 6 heteroatoms. The lowest BCUT2D eigenvalue weighted by molar-refractivity contribution is 0.0693. The zero-order valence-corrected chi connectivity index (χ0v) is 14.6. The molecule has 1 aromatic carbocycles. The highest BCUT2D eigenvalue weighted by molar-refractivity contribution is 5.96. The zero-order valence-electron chi connectivity index (χ0n) is 14.6. The van der Waals surface area contributed by atoms with Gasteiger partial charge in [-0.05, 0) is 44.9 Å². The molecular weight excluding hydrogens is 306 g/mol. The molecule has 1 aliphatic rings. The molecule has 2 atom stereocenters. The van der Waals surface area contributed by atoms with Crippen molar-refractivity contribution in [2.24, 2.45) is 5.92 Å². The first kappa shape index (κ1) is 18.3. The number of hydrogen-bond acceptors (Lipinski definition) is 3. The van der Waals surface area contributed by atoms with Gasteiger partial charge in [0.1, 0.15) is 0 Å². The molecule has 132 valence electrons. The Morgan fingerprint density at radius 3 is 2.71 bits per heavy atom. The highest BCUT2D eigenvalue weighted by atomic mass is 16.3. The van der Waals surface area contributed by atoms with Crippen LogP contribution in [0.25, 0.3) is 0 Å². The van der Waals surface area contributed by atoms with E-state index in [1.807, 2.05) is 13.8 Å². The van der Waals surface area contributed by atoms with Crippen molar-refractivity contribution in [1.29, 1.82) is 0 Å². The molecule has 0 aliphatic heterocycles. The second kappa shape index (κ2) is 8.15. The minimum Gasteiger partial charge on any atom is -0.393 e. The van der Waals surface area contributed by atoms with Crippen LogP contribution >= 0.6 is 0 Å². The minimum atomic E-state index is -0.312. The Bertz CT molecular complexity index is 589. The topological polar surface area (TPSA) is 81.7 Å². The maximum atomic E-state index is 12.6. The largest absolute Gasteiger partial charge is 0.393 e. The first-order chi connectivity index (χ1) is 11.4. The van der Waals surface area contributed by atoms with Crippen LogP contribution in [-0.2, 0) is 0 Å². The Kier molecular flexibility index (Phi) is 6.20. The third-order valence-corrected chi connectivity index (χ3v) is 4.26. The van der Waals surface area contributed by atoms with Crippen molar-refractivity contribution in [3.63, 3.8) is 0 Å². The number of nitrogens with one attached hydrogen (secondary N) is 2. The fourth-order valence-corrected chi connectivity index (χ4v) is 3.04. The monoisotopic (exact) mass is 333 g/mol. The predicted octanol–water partition coefficient (Wildman–Crippen LogP) is 2.45. The van der Waals surface area contributed by atoms with Crippen molar-refractivity contribution < 1.29 is 14.7 Å². The fourth-order valence-electron chi connectivity index (χ4n) is 3.04. The Hall–Kier alpha value is -2.08. The van der Waals surface area contributed by atoms with E-state index in [2.05, 4.69) is 10.6 Å². The lowest BCUT2D eigenvalue weighted by atomic mass is 10.1. The smallest absolute Gasteiger partial charge is 0.319 e. The number of carbonyl (C=O) groups excluding carboxylic acids is 2. The molecule has 3 N–H and O–H groups in total. The molecule has 2 unspecified atom stereocenters. The van der Waals surface area contributed by atoms with Gasteiger partial charge in [0.25, 0.3) is 5.91 Å². The molecule has 1 aromatic rings. The first-order valence-electron chi connectivity index (χ1n) is 8.48. The number of carbonyl (C=O) groups is 2. The number of benzene rings is 1. The maximum Gasteiger partial charge on any atom is 0.319 e. The SMILES string of the molecule is CC(C)NC(=O)Nc1cccc(C(=O)N(C)CC2CCCC2O)c1. The summed E-state index contributed by atoms with van der Waals surface area (Å²) in [7, 11) is 1.75. The summed E-state index contributed by atoms with van der Waals surface area (Å²) in [6, 6.07) is 6.64. The summed E-state index contributed by atoms with van der Waals surface area (Å²) in [6.07, 6.45) is 2.47. The molecule has 1 aliphatic carbocycles. The summed E-state index contributed by atoms with van der Waals surface area (Å²) < 4.78 is 0. The van der Waals surface area contributed by atoms with Crippen LogP contribution in [0.4, 0.5) is 10.5 Å². The molecule has 24 heavy (non-hydrogen) atoms. The highest BCUT2D eigenvalue weighted by Gasteiger charge is 2.27. The van der Waals surface area contributed by atoms with Crippen LogP contribution in [0.2, 0.25) is 0 Å². The lowest BCUT2D eigenvalue weighted by Gasteiger charge is -2.23. The minimum absolute atomic E-state index is 0.0405. The van der Waals surface area contributed by atoms with Crippen molar-refractivity contribution in [2.45, 2.75) is 45.3 Å². The summed E-state index contributed by atoms with van der Waals surface area (Å²) in [5.41, 5.74) is 1.10. The van der Waals surface area contributed by atoms with Gasteiger partial charge in [0.15, 0.2) is 0 Å². The number of aliphatic hydroxyl groups excluding tert-OH is 1. The first-order valence-corrected chi connectivity index (χ1v) is 8.48. The van der Waals surface area contributed by atoms with Crippen molar-refractivity contribution in [2.75, 3.05) is 18.9 Å². The van der Waals surface area contributed by atoms with E-state index in [1.165, 1.54) is 0 Å². The van der Waals surface area contributed by atoms with E-state index in [0.717, 1.165) is 19.3 Å². The van der Waals surface area contributed by atoms with Crippen molar-refractivity contribution >= 4 is 17.6 Å². The van der Waals surface area contributed by atoms with Crippen LogP contribution < -0.4 is 10.6 Å². The number of urea groups is 1. The molecule has 1 saturated carbocycles. The summed E-state index contributed by atoms with van der Waals surface area (Å²) in [5, 5.41) is 15.4. The summed E-state index contributed by atoms with van der Waals surface area (Å²) in [6.45, 7) is 4.31. The fraction of sp³-hybridized carbons (Fsp3) is 0.556. The zero-order chi connectivity index (χ0) is 17.7. The van der Waals surface area contributed by atoms with Gasteiger partial charge < -0.3 is 20.6 Å². The number of rotatable bonds is 5. The van der Waals surface area contributed by atoms with Gasteiger partial charge in [0.05, 0.1) is 6.10 Å². The van der Waals surface area contributed by atoms with E-state index in [-0.39, 0.29) is 30.0 Å². The second-order valence-corrected chi connectivity index (χ2v) is 6.78. The number of nitrogens with zero attached hydrogens (tertiary/aromatic N) is 1. The molecule has 0 saturated heterocycles. The number of anilines is 1. The van der Waals surface area contributed by atoms with Gasteiger partial charge in [0, 0.05) is 36.8 Å². The average Bonchev–Trinajstić information content (AvgIpc) is 2.91. The third-order valence-electron chi connectivity index (χ3n) is 4.26. The second-order valence-electron chi connectivity index (χ2n) is 6.78. The predicted molar refractivity (Wildman–Crippen MR) is 94.0 cm³/mol. The molecule has 0 heterocycles. The Labute approximate surface area is 143 Å². The third kappa shape index (κ3) is 4.96. The van der Waals surface area contributed by atoms with Gasteiger partial charge in [-0.15, -0.1) is 0 Å². The van der Waals surface area contributed by atoms with Crippen molar-refractivity contribution in [3.05, 3.63) is 29.8 Å². The number of aliphatic hydroxyl groups is 1. The quantitative estimate of drug-likeness (QED) is 0.774. The summed E-state index contributed by atoms with van der Waals surface area (Å²) >= 11 is 0. The van der Waals surface area contributed by atoms with E-state index < -0.39 is 0 Å². The number of amides is 3. The molecule has 3 amide bonds. The van der Waals surface area contributed by atoms with Crippen molar-refractivity contribution in [1.82, 2.24) is 10.2 Å². The van der Waals surface area contributed by atoms with Gasteiger partial charge in [-0.25, -0.2) is 4.79 Å². The Balaban J connectivity index is 1.98. The van der Waals surface area contributed by atoms with E-state index in [0.29, 0.717) is 17.8 Å². The molecule has 0 bridgehead atoms. The summed E-state index contributed by atoms with van der Waals surface area (Å²) in [5.74, 6) is 0.0408. The molecule has 1 fully saturated rings. The average molecular weight is 333 g/mol. The normalized spacial score (nSPS) is 20.0. The maximum absolute atomic E-state index is 12.6. The van der Waals surface area contributed by atoms with Crippen LogP contribution in [0, 0.1) is 5.92 Å². The molecule has 0 radical (unpaired) electrons. The molecule has 2 rings (SSSR count). The van der Waals surface area contributed by atoms with Gasteiger partial charge in [-0.3, -0.25) is 4.79 Å². The molecule has 6 nitrogen and oxygen atoms in total. The van der Waals surface area contributed by atoms with E-state index in [9.17, 15) is 14.7 Å². The van der Waals surface area contributed by atoms with Crippen LogP contribution in [0.5, 0.6) is 0 Å². The van der Waals surface area contributed by atoms with Crippen LogP contribution in [0.3, 0.4) is 0 Å². The number of hydrogen-bond donors (Lipinski definition) is 3. The van der Waals surface area contributed by atoms with E-state index in [1.54, 1.807) is 36.2 Å². The standard InChI is InChI=1S/C18H27N3O3/c1-12(2)19-18(24)20-15-8-4-6-13(10-15)17(23)21(3)11-14-7-5-9-16(14)22/h4,6,8,10,12,14,16,22H,5,7,9,11H2,1-3H3,(H2,19,20,24). The lowest BCUT2D eigenvalue weighted by Crippen LogP contribution is -2.35. The van der Waals surface area contributed by atoms with Crippen LogP contribution in [0.1, 0.15) is 43.5 Å². The van der Waals surface area contributed by atoms with Crippen LogP contribution in [0.15, 0.2) is 24.3 Å². The highest BCUT2D eigenvalue weighted by Crippen LogP contribution is 2.26. The van der Waals surface area contributed by atoms with E-state index >= 15 is 0 Å². The summed E-state index contributed by atoms with van der Waals surface area (Å²) in [4.78, 5) is 26.0. The molecule has 0 aromatic heterocycles. The van der Waals surface area contributed by atoms with Crippen molar-refractivity contribution in [3.8, 4) is 0 Å². The Morgan fingerprint density at radius 1 is 1.33 bits per heavy atom. The van der Waals surface area contributed by atoms with E-state index in [4.69, 9.17) is 0 Å². The van der Waals surface area contributed by atoms with Gasteiger partial charge >= 0.3 is 6.03 Å². The van der Waals surface area contributed by atoms with Gasteiger partial charge in [0.2, 0.25) is 0 Å². The molecular formula is C18H27N3O3. The van der Waals surface area contributed by atoms with Gasteiger partial charge in [-0.2, -0.15) is 0 Å². The molecule has 0 spiro atoms.